The second-order valence-electron chi connectivity index (χ2n) is 7.73. The van der Waals surface area contributed by atoms with E-state index in [1.54, 1.807) is 6.20 Å². The van der Waals surface area contributed by atoms with Crippen LogP contribution in [0.1, 0.15) is 32.8 Å². The zero-order chi connectivity index (χ0) is 18.2. The molecule has 0 spiro atoms. The fourth-order valence-electron chi connectivity index (χ4n) is 3.61. The van der Waals surface area contributed by atoms with Crippen LogP contribution in [0.2, 0.25) is 0 Å². The number of nitrogens with two attached hydrogens (primary N) is 1. The summed E-state index contributed by atoms with van der Waals surface area (Å²) in [4.78, 5) is 6.05. The van der Waals surface area contributed by atoms with E-state index in [0.717, 1.165) is 29.0 Å². The Hall–Kier alpha value is -2.14. The molecule has 2 heterocycles. The second-order valence-corrected chi connectivity index (χ2v) is 7.73. The van der Waals surface area contributed by atoms with Crippen molar-refractivity contribution in [1.82, 2.24) is 4.98 Å². The molecule has 2 N–H and O–H groups in total. The van der Waals surface area contributed by atoms with Gasteiger partial charge in [0.15, 0.2) is 0 Å². The van der Waals surface area contributed by atoms with Gasteiger partial charge < -0.3 is 15.4 Å². The van der Waals surface area contributed by atoms with Gasteiger partial charge in [0.25, 0.3) is 0 Å². The maximum Gasteiger partial charge on any atom is 0.149 e. The molecule has 3 rings (SSSR count). The summed E-state index contributed by atoms with van der Waals surface area (Å²) in [6.07, 6.45) is 3.89. The van der Waals surface area contributed by atoms with Crippen molar-refractivity contribution in [3.05, 3.63) is 42.0 Å². The van der Waals surface area contributed by atoms with Gasteiger partial charge >= 0.3 is 0 Å². The number of rotatable bonds is 5. The number of hydrogen-bond acceptors (Lipinski definition) is 4. The van der Waals surface area contributed by atoms with Crippen LogP contribution >= 0.6 is 0 Å². The van der Waals surface area contributed by atoms with Crippen LogP contribution in [0.5, 0.6) is 5.75 Å². The lowest BCUT2D eigenvalue weighted by molar-refractivity contribution is 0.207. The van der Waals surface area contributed by atoms with Crippen molar-refractivity contribution in [1.29, 1.82) is 0 Å². The van der Waals surface area contributed by atoms with Gasteiger partial charge in [-0.25, -0.2) is 4.39 Å². The number of halogens is 1. The minimum absolute atomic E-state index is 0.285. The fourth-order valence-corrected chi connectivity index (χ4v) is 3.61. The number of anilines is 1. The van der Waals surface area contributed by atoms with Gasteiger partial charge in [-0.15, -0.1) is 0 Å². The number of hydrogen-bond donors (Lipinski definition) is 1. The number of nitrogens with zero attached hydrogens (tertiary/aromatic N) is 2. The average molecular weight is 343 g/mol. The summed E-state index contributed by atoms with van der Waals surface area (Å²) >= 11 is 0. The summed E-state index contributed by atoms with van der Waals surface area (Å²) in [6, 6.07) is 5.76. The highest BCUT2D eigenvalue weighted by atomic mass is 19.1. The third-order valence-electron chi connectivity index (χ3n) is 4.48. The maximum atomic E-state index is 14.3. The largest absolute Gasteiger partial charge is 0.492 e. The van der Waals surface area contributed by atoms with E-state index in [0.29, 0.717) is 24.6 Å². The Balaban J connectivity index is 1.86. The maximum absolute atomic E-state index is 14.3. The topological polar surface area (TPSA) is 51.4 Å². The Morgan fingerprint density at radius 2 is 2.12 bits per heavy atom. The quantitative estimate of drug-likeness (QED) is 0.892. The molecule has 0 saturated carbocycles. The summed E-state index contributed by atoms with van der Waals surface area (Å²) in [5.41, 5.74) is 9.31. The molecular formula is C20H26FN3O. The van der Waals surface area contributed by atoms with E-state index in [2.05, 4.69) is 23.7 Å². The summed E-state index contributed by atoms with van der Waals surface area (Å²) in [5, 5.41) is 0. The van der Waals surface area contributed by atoms with Gasteiger partial charge in [-0.05, 0) is 31.4 Å². The lowest BCUT2D eigenvalue weighted by Gasteiger charge is -2.30. The Morgan fingerprint density at radius 3 is 2.84 bits per heavy atom. The predicted octanol–water partition coefficient (Wildman–Crippen LogP) is 3.98. The van der Waals surface area contributed by atoms with Gasteiger partial charge in [0.05, 0.1) is 6.20 Å². The Kier molecular flexibility index (Phi) is 4.69. The Labute approximate surface area is 148 Å². The zero-order valence-electron chi connectivity index (χ0n) is 15.3. The average Bonchev–Trinajstić information content (AvgIpc) is 2.52. The highest BCUT2D eigenvalue weighted by Gasteiger charge is 2.25. The highest BCUT2D eigenvalue weighted by Crippen LogP contribution is 2.41. The van der Waals surface area contributed by atoms with E-state index in [4.69, 9.17) is 10.5 Å². The van der Waals surface area contributed by atoms with Crippen molar-refractivity contribution in [3.8, 4) is 16.9 Å². The predicted molar refractivity (Wildman–Crippen MR) is 99.3 cm³/mol. The van der Waals surface area contributed by atoms with Crippen molar-refractivity contribution >= 4 is 5.69 Å². The smallest absolute Gasteiger partial charge is 0.149 e. The third kappa shape index (κ3) is 3.76. The molecule has 0 bridgehead atoms. The molecular weight excluding hydrogens is 317 g/mol. The number of benzene rings is 1. The number of fused-ring (bicyclic) bond motifs is 3. The second kappa shape index (κ2) is 6.64. The molecule has 0 radical (unpaired) electrons. The molecule has 4 nitrogen and oxygen atoms in total. The SMILES string of the molecule is CC(C)CC(C)(N)COc1ccc2c(c1)N(C)Cc1cncc(F)c1-2. The molecule has 1 aromatic carbocycles. The van der Waals surface area contributed by atoms with Crippen molar-refractivity contribution in [2.24, 2.45) is 11.7 Å². The van der Waals surface area contributed by atoms with Crippen LogP contribution in [0.4, 0.5) is 10.1 Å². The normalized spacial score (nSPS) is 15.6. The summed E-state index contributed by atoms with van der Waals surface area (Å²) in [7, 11) is 1.99. The molecule has 1 aliphatic rings. The number of aromatic nitrogens is 1. The van der Waals surface area contributed by atoms with Crippen LogP contribution in [0, 0.1) is 11.7 Å². The molecule has 1 aliphatic heterocycles. The zero-order valence-corrected chi connectivity index (χ0v) is 15.3. The van der Waals surface area contributed by atoms with Gasteiger partial charge in [-0.3, -0.25) is 4.98 Å². The van der Waals surface area contributed by atoms with Crippen LogP contribution < -0.4 is 15.4 Å². The highest BCUT2D eigenvalue weighted by molar-refractivity contribution is 5.84. The molecule has 0 fully saturated rings. The van der Waals surface area contributed by atoms with E-state index in [1.165, 1.54) is 6.20 Å². The van der Waals surface area contributed by atoms with Gasteiger partial charge in [0.2, 0.25) is 0 Å². The first-order valence-electron chi connectivity index (χ1n) is 8.66. The monoisotopic (exact) mass is 343 g/mol. The minimum atomic E-state index is -0.375. The number of ether oxygens (including phenoxy) is 1. The van der Waals surface area contributed by atoms with E-state index < -0.39 is 0 Å². The molecule has 25 heavy (non-hydrogen) atoms. The Morgan fingerprint density at radius 1 is 1.36 bits per heavy atom. The van der Waals surface area contributed by atoms with Gasteiger partial charge in [-0.1, -0.05) is 13.8 Å². The van der Waals surface area contributed by atoms with Crippen LogP contribution in [-0.4, -0.2) is 24.2 Å². The van der Waals surface area contributed by atoms with Crippen LogP contribution in [0.25, 0.3) is 11.1 Å². The van der Waals surface area contributed by atoms with Gasteiger partial charge in [0.1, 0.15) is 18.2 Å². The van der Waals surface area contributed by atoms with Crippen molar-refractivity contribution < 1.29 is 9.13 Å². The summed E-state index contributed by atoms with van der Waals surface area (Å²) < 4.78 is 20.2. The lowest BCUT2D eigenvalue weighted by atomic mass is 9.92. The van der Waals surface area contributed by atoms with E-state index >= 15 is 0 Å². The fraction of sp³-hybridized carbons (Fsp3) is 0.450. The lowest BCUT2D eigenvalue weighted by Crippen LogP contribution is -2.43. The molecule has 1 aromatic heterocycles. The third-order valence-corrected chi connectivity index (χ3v) is 4.48. The standard InChI is InChI=1S/C20H26FN3O/c1-13(2)8-20(3,22)12-25-15-5-6-16-18(7-15)24(4)11-14-9-23-10-17(21)19(14)16/h5-7,9-10,13H,8,11-12,22H2,1-4H3. The van der Waals surface area contributed by atoms with Crippen molar-refractivity contribution in [2.45, 2.75) is 39.3 Å². The molecule has 1 unspecified atom stereocenters. The van der Waals surface area contributed by atoms with Crippen molar-refractivity contribution in [3.63, 3.8) is 0 Å². The van der Waals surface area contributed by atoms with E-state index in [-0.39, 0.29) is 11.4 Å². The molecule has 0 amide bonds. The number of pyridine rings is 1. The van der Waals surface area contributed by atoms with Crippen LogP contribution in [-0.2, 0) is 6.54 Å². The molecule has 5 heteroatoms. The van der Waals surface area contributed by atoms with E-state index in [1.807, 2.05) is 32.2 Å². The molecule has 2 aromatic rings. The minimum Gasteiger partial charge on any atom is -0.492 e. The van der Waals surface area contributed by atoms with Crippen LogP contribution in [0.3, 0.4) is 0 Å². The van der Waals surface area contributed by atoms with Crippen LogP contribution in [0.15, 0.2) is 30.6 Å². The van der Waals surface area contributed by atoms with E-state index in [9.17, 15) is 4.39 Å². The molecule has 0 saturated heterocycles. The molecule has 134 valence electrons. The summed E-state index contributed by atoms with van der Waals surface area (Å²) in [6.45, 7) is 7.39. The first-order chi connectivity index (χ1) is 11.8. The van der Waals surface area contributed by atoms with Gasteiger partial charge in [-0.2, -0.15) is 0 Å². The first kappa shape index (κ1) is 17.7. The van der Waals surface area contributed by atoms with Crippen molar-refractivity contribution in [2.75, 3.05) is 18.6 Å². The molecule has 0 aliphatic carbocycles. The first-order valence-corrected chi connectivity index (χ1v) is 8.66. The Bertz CT molecular complexity index is 774. The molecule has 1 atom stereocenters. The summed E-state index contributed by atoms with van der Waals surface area (Å²) in [5.74, 6) is 0.984. The van der Waals surface area contributed by atoms with Gasteiger partial charge in [0, 0.05) is 53.8 Å².